The van der Waals surface area contributed by atoms with E-state index < -0.39 is 0 Å². The molecule has 0 aliphatic heterocycles. The summed E-state index contributed by atoms with van der Waals surface area (Å²) >= 11 is 0. The normalized spacial score (nSPS) is 26.6. The molecule has 0 amide bonds. The van der Waals surface area contributed by atoms with Gasteiger partial charge in [0.15, 0.2) is 0 Å². The van der Waals surface area contributed by atoms with Crippen molar-refractivity contribution in [3.05, 3.63) is 35.4 Å². The summed E-state index contributed by atoms with van der Waals surface area (Å²) in [5, 5.41) is 3.40. The van der Waals surface area contributed by atoms with E-state index in [1.807, 2.05) is 0 Å². The largest absolute Gasteiger partial charge is 0.374 e. The van der Waals surface area contributed by atoms with Crippen molar-refractivity contribution in [2.75, 3.05) is 6.54 Å². The molecule has 0 radical (unpaired) electrons. The molecular weight excluding hydrogens is 246 g/mol. The summed E-state index contributed by atoms with van der Waals surface area (Å²) in [6.45, 7) is 9.57. The maximum Gasteiger partial charge on any atom is 0.0723 e. The highest BCUT2D eigenvalue weighted by molar-refractivity contribution is 5.26. The van der Waals surface area contributed by atoms with Crippen LogP contribution < -0.4 is 5.32 Å². The first-order chi connectivity index (χ1) is 9.70. The van der Waals surface area contributed by atoms with Crippen molar-refractivity contribution in [3.8, 4) is 0 Å². The molecule has 1 aliphatic carbocycles. The summed E-state index contributed by atoms with van der Waals surface area (Å²) in [6, 6.07) is 8.62. The van der Waals surface area contributed by atoms with E-state index in [1.54, 1.807) is 0 Å². The molecular formula is C18H29NO. The molecule has 0 bridgehead atoms. The highest BCUT2D eigenvalue weighted by atomic mass is 16.5. The topological polar surface area (TPSA) is 21.3 Å². The molecule has 1 aromatic carbocycles. The minimum absolute atomic E-state index is 0.452. The summed E-state index contributed by atoms with van der Waals surface area (Å²) in [5.41, 5.74) is 2.70. The lowest BCUT2D eigenvalue weighted by atomic mass is 9.80. The number of benzene rings is 1. The van der Waals surface area contributed by atoms with Gasteiger partial charge in [0.1, 0.15) is 0 Å². The van der Waals surface area contributed by atoms with Gasteiger partial charge in [0.2, 0.25) is 0 Å². The third-order valence-electron chi connectivity index (χ3n) is 4.71. The molecule has 2 nitrogen and oxygen atoms in total. The Balaban J connectivity index is 1.87. The second-order valence-corrected chi connectivity index (χ2v) is 6.25. The van der Waals surface area contributed by atoms with Crippen LogP contribution in [0.4, 0.5) is 0 Å². The Kier molecular flexibility index (Phi) is 6.06. The average Bonchev–Trinajstić information content (AvgIpc) is 2.47. The van der Waals surface area contributed by atoms with Crippen molar-refractivity contribution < 1.29 is 4.74 Å². The molecule has 1 saturated carbocycles. The van der Waals surface area contributed by atoms with Gasteiger partial charge in [-0.15, -0.1) is 0 Å². The number of hydrogen-bond acceptors (Lipinski definition) is 2. The number of rotatable bonds is 6. The Bertz CT molecular complexity index is 404. The molecule has 20 heavy (non-hydrogen) atoms. The first-order valence-electron chi connectivity index (χ1n) is 8.09. The molecule has 3 unspecified atom stereocenters. The van der Waals surface area contributed by atoms with E-state index in [9.17, 15) is 0 Å². The second kappa shape index (κ2) is 7.80. The lowest BCUT2D eigenvalue weighted by Crippen LogP contribution is -2.26. The highest BCUT2D eigenvalue weighted by Crippen LogP contribution is 2.31. The fraction of sp³-hybridized carbons (Fsp3) is 0.667. The van der Waals surface area contributed by atoms with E-state index in [1.165, 1.54) is 30.4 Å². The molecule has 0 heterocycles. The molecule has 3 atom stereocenters. The molecule has 2 rings (SSSR count). The summed E-state index contributed by atoms with van der Waals surface area (Å²) in [5.74, 6) is 1.65. The number of nitrogens with one attached hydrogen (secondary N) is 1. The van der Waals surface area contributed by atoms with Gasteiger partial charge in [0.05, 0.1) is 12.7 Å². The lowest BCUT2D eigenvalue weighted by Gasteiger charge is -2.32. The smallest absolute Gasteiger partial charge is 0.0723 e. The van der Waals surface area contributed by atoms with Crippen LogP contribution in [0.5, 0.6) is 0 Å². The third-order valence-corrected chi connectivity index (χ3v) is 4.71. The zero-order valence-electron chi connectivity index (χ0n) is 13.2. The van der Waals surface area contributed by atoms with E-state index in [0.717, 1.165) is 31.5 Å². The molecule has 1 N–H and O–H groups in total. The Labute approximate surface area is 123 Å². The van der Waals surface area contributed by atoms with Gasteiger partial charge < -0.3 is 10.1 Å². The molecule has 1 aliphatic rings. The summed E-state index contributed by atoms with van der Waals surface area (Å²) < 4.78 is 6.18. The quantitative estimate of drug-likeness (QED) is 0.842. The number of ether oxygens (including phenoxy) is 1. The lowest BCUT2D eigenvalue weighted by molar-refractivity contribution is -0.00772. The summed E-state index contributed by atoms with van der Waals surface area (Å²) in [4.78, 5) is 0. The molecule has 0 aromatic heterocycles. The zero-order chi connectivity index (χ0) is 14.4. The Hall–Kier alpha value is -0.860. The monoisotopic (exact) mass is 275 g/mol. The van der Waals surface area contributed by atoms with Gasteiger partial charge in [0.25, 0.3) is 0 Å². The maximum atomic E-state index is 6.18. The van der Waals surface area contributed by atoms with Crippen molar-refractivity contribution >= 4 is 0 Å². The standard InChI is InChI=1S/C18H29NO/c1-4-19-12-16-7-5-6-8-17(16)13-20-18-10-9-14(2)15(3)11-18/h5-8,14-15,18-19H,4,9-13H2,1-3H3. The van der Waals surface area contributed by atoms with E-state index in [-0.39, 0.29) is 0 Å². The second-order valence-electron chi connectivity index (χ2n) is 6.25. The molecule has 1 fully saturated rings. The van der Waals surface area contributed by atoms with Gasteiger partial charge in [-0.2, -0.15) is 0 Å². The minimum atomic E-state index is 0.452. The molecule has 1 aromatic rings. The Morgan fingerprint density at radius 1 is 1.10 bits per heavy atom. The minimum Gasteiger partial charge on any atom is -0.374 e. The van der Waals surface area contributed by atoms with Crippen LogP contribution in [0.15, 0.2) is 24.3 Å². The van der Waals surface area contributed by atoms with Gasteiger partial charge in [-0.05, 0) is 48.8 Å². The van der Waals surface area contributed by atoms with Crippen LogP contribution in [0.25, 0.3) is 0 Å². The average molecular weight is 275 g/mol. The van der Waals surface area contributed by atoms with Crippen molar-refractivity contribution in [2.45, 2.75) is 59.3 Å². The van der Waals surface area contributed by atoms with Crippen molar-refractivity contribution in [1.82, 2.24) is 5.32 Å². The van der Waals surface area contributed by atoms with Gasteiger partial charge in [-0.3, -0.25) is 0 Å². The van der Waals surface area contributed by atoms with Crippen LogP contribution in [0, 0.1) is 11.8 Å². The van der Waals surface area contributed by atoms with Gasteiger partial charge in [-0.1, -0.05) is 45.0 Å². The van der Waals surface area contributed by atoms with Crippen LogP contribution in [0.3, 0.4) is 0 Å². The Morgan fingerprint density at radius 2 is 1.85 bits per heavy atom. The molecule has 0 saturated heterocycles. The first-order valence-corrected chi connectivity index (χ1v) is 8.09. The summed E-state index contributed by atoms with van der Waals surface area (Å²) in [7, 11) is 0. The molecule has 112 valence electrons. The predicted molar refractivity (Wildman–Crippen MR) is 84.6 cm³/mol. The van der Waals surface area contributed by atoms with Gasteiger partial charge in [-0.25, -0.2) is 0 Å². The zero-order valence-corrected chi connectivity index (χ0v) is 13.2. The Morgan fingerprint density at radius 3 is 2.55 bits per heavy atom. The van der Waals surface area contributed by atoms with Crippen LogP contribution in [-0.4, -0.2) is 12.6 Å². The van der Waals surface area contributed by atoms with E-state index in [2.05, 4.69) is 50.4 Å². The fourth-order valence-corrected chi connectivity index (χ4v) is 2.99. The summed E-state index contributed by atoms with van der Waals surface area (Å²) in [6.07, 6.45) is 4.20. The van der Waals surface area contributed by atoms with Crippen molar-refractivity contribution in [2.24, 2.45) is 11.8 Å². The van der Waals surface area contributed by atoms with E-state index in [0.29, 0.717) is 6.10 Å². The third kappa shape index (κ3) is 4.32. The van der Waals surface area contributed by atoms with Crippen molar-refractivity contribution in [3.63, 3.8) is 0 Å². The van der Waals surface area contributed by atoms with Gasteiger partial charge in [0, 0.05) is 6.54 Å². The molecule has 2 heteroatoms. The van der Waals surface area contributed by atoms with Gasteiger partial charge >= 0.3 is 0 Å². The number of hydrogen-bond donors (Lipinski definition) is 1. The van der Waals surface area contributed by atoms with E-state index in [4.69, 9.17) is 4.74 Å². The van der Waals surface area contributed by atoms with Crippen LogP contribution in [-0.2, 0) is 17.9 Å². The van der Waals surface area contributed by atoms with Crippen LogP contribution in [0.1, 0.15) is 51.2 Å². The van der Waals surface area contributed by atoms with Crippen LogP contribution >= 0.6 is 0 Å². The highest BCUT2D eigenvalue weighted by Gasteiger charge is 2.24. The van der Waals surface area contributed by atoms with Crippen LogP contribution in [0.2, 0.25) is 0 Å². The van der Waals surface area contributed by atoms with Crippen molar-refractivity contribution in [1.29, 1.82) is 0 Å². The van der Waals surface area contributed by atoms with E-state index >= 15 is 0 Å². The molecule has 0 spiro atoms. The fourth-order valence-electron chi connectivity index (χ4n) is 2.99. The predicted octanol–water partition coefficient (Wildman–Crippen LogP) is 4.14. The first kappa shape index (κ1) is 15.5. The SMILES string of the molecule is CCNCc1ccccc1COC1CCC(C)C(C)C1. The maximum absolute atomic E-state index is 6.18.